The van der Waals surface area contributed by atoms with Crippen LogP contribution in [-0.2, 0) is 0 Å². The molecular formula is C21H30N2O. The van der Waals surface area contributed by atoms with Crippen molar-refractivity contribution in [3.8, 4) is 0 Å². The maximum Gasteiger partial charge on any atom is 0.0456 e. The third kappa shape index (κ3) is 3.51. The third-order valence-electron chi connectivity index (χ3n) is 5.77. The Kier molecular flexibility index (Phi) is 5.30. The maximum atomic E-state index is 9.39. The molecule has 1 aromatic carbocycles. The highest BCUT2D eigenvalue weighted by Crippen LogP contribution is 2.44. The van der Waals surface area contributed by atoms with Gasteiger partial charge < -0.3 is 16.2 Å². The van der Waals surface area contributed by atoms with Crippen LogP contribution < -0.4 is 11.1 Å². The van der Waals surface area contributed by atoms with Crippen LogP contribution >= 0.6 is 0 Å². The van der Waals surface area contributed by atoms with Crippen LogP contribution in [0.4, 0.5) is 11.4 Å². The van der Waals surface area contributed by atoms with Gasteiger partial charge in [-0.15, -0.1) is 0 Å². The summed E-state index contributed by atoms with van der Waals surface area (Å²) in [6.07, 6.45) is 12.2. The number of allylic oxidation sites excluding steroid dienone is 3. The van der Waals surface area contributed by atoms with Crippen molar-refractivity contribution in [3.63, 3.8) is 0 Å². The summed E-state index contributed by atoms with van der Waals surface area (Å²) in [5.41, 5.74) is 9.44. The van der Waals surface area contributed by atoms with Crippen molar-refractivity contribution in [2.24, 2.45) is 17.8 Å². The molecular weight excluding hydrogens is 296 g/mol. The van der Waals surface area contributed by atoms with Gasteiger partial charge >= 0.3 is 0 Å². The summed E-state index contributed by atoms with van der Waals surface area (Å²) in [6.45, 7) is 4.74. The summed E-state index contributed by atoms with van der Waals surface area (Å²) in [5.74, 6) is 1.91. The Hall–Kier alpha value is -1.74. The molecule has 4 N–H and O–H groups in total. The Bertz CT molecular complexity index is 622. The van der Waals surface area contributed by atoms with Crippen LogP contribution in [0, 0.1) is 17.8 Å². The fourth-order valence-electron chi connectivity index (χ4n) is 4.21. The predicted molar refractivity (Wildman–Crippen MR) is 102 cm³/mol. The lowest BCUT2D eigenvalue weighted by molar-refractivity contribution is 0.208. The van der Waals surface area contributed by atoms with Gasteiger partial charge in [0.25, 0.3) is 0 Å². The highest BCUT2D eigenvalue weighted by Gasteiger charge is 2.37. The van der Waals surface area contributed by atoms with E-state index >= 15 is 0 Å². The molecule has 0 bridgehead atoms. The Morgan fingerprint density at radius 3 is 2.88 bits per heavy atom. The van der Waals surface area contributed by atoms with Gasteiger partial charge in [0.2, 0.25) is 0 Å². The quantitative estimate of drug-likeness (QED) is 0.706. The van der Waals surface area contributed by atoms with Gasteiger partial charge in [0.15, 0.2) is 0 Å². The summed E-state index contributed by atoms with van der Waals surface area (Å²) < 4.78 is 0. The largest absolute Gasteiger partial charge is 0.399 e. The van der Waals surface area contributed by atoms with E-state index in [2.05, 4.69) is 55.6 Å². The molecule has 0 spiro atoms. The van der Waals surface area contributed by atoms with E-state index in [4.69, 9.17) is 5.73 Å². The first-order valence-electron chi connectivity index (χ1n) is 9.20. The van der Waals surface area contributed by atoms with Crippen molar-refractivity contribution in [2.45, 2.75) is 45.1 Å². The second-order valence-electron chi connectivity index (χ2n) is 7.55. The Balaban J connectivity index is 1.87. The predicted octanol–water partition coefficient (Wildman–Crippen LogP) is 4.32. The first-order valence-corrected chi connectivity index (χ1v) is 9.20. The minimum absolute atomic E-state index is 0.273. The molecule has 3 rings (SSSR count). The molecule has 0 aromatic heterocycles. The Labute approximate surface area is 145 Å². The normalized spacial score (nSPS) is 29.8. The number of hydrogen-bond acceptors (Lipinski definition) is 3. The maximum absolute atomic E-state index is 9.39. The van der Waals surface area contributed by atoms with E-state index in [1.54, 1.807) is 0 Å². The number of rotatable bonds is 5. The molecule has 1 aliphatic heterocycles. The molecule has 0 amide bonds. The smallest absolute Gasteiger partial charge is 0.0456 e. The van der Waals surface area contributed by atoms with Gasteiger partial charge in [-0.05, 0) is 60.8 Å². The molecule has 3 heteroatoms. The summed E-state index contributed by atoms with van der Waals surface area (Å²) in [7, 11) is 0. The SMILES string of the molecule is CC1c2cc(N)ccc2N[C@@H](C2C=CC=CC2)[C@@H]1CC[C@@H](C)CO. The van der Waals surface area contributed by atoms with Gasteiger partial charge in [0.1, 0.15) is 0 Å². The first kappa shape index (κ1) is 17.1. The molecule has 0 saturated heterocycles. The van der Waals surface area contributed by atoms with Crippen molar-refractivity contribution in [3.05, 3.63) is 48.1 Å². The van der Waals surface area contributed by atoms with Crippen LogP contribution in [0.2, 0.25) is 0 Å². The standard InChI is InChI=1S/C21H30N2O/c1-14(13-24)8-10-18-15(2)19-12-17(22)9-11-20(19)23-21(18)16-6-4-3-5-7-16/h3-6,9,11-12,14-16,18,21,23-24H,7-8,10,13,22H2,1-2H3/t14-,15?,16?,18-,21+/m1/s1. The number of hydrogen-bond donors (Lipinski definition) is 3. The van der Waals surface area contributed by atoms with E-state index in [0.717, 1.165) is 24.9 Å². The number of nitrogens with two attached hydrogens (primary N) is 1. The molecule has 0 radical (unpaired) electrons. The number of fused-ring (bicyclic) bond motifs is 1. The lowest BCUT2D eigenvalue weighted by Crippen LogP contribution is -2.42. The molecule has 5 atom stereocenters. The molecule has 24 heavy (non-hydrogen) atoms. The lowest BCUT2D eigenvalue weighted by Gasteiger charge is -2.43. The molecule has 2 aliphatic rings. The minimum Gasteiger partial charge on any atom is -0.399 e. The molecule has 0 fully saturated rings. The number of nitrogen functional groups attached to an aromatic ring is 1. The lowest BCUT2D eigenvalue weighted by atomic mass is 9.70. The molecule has 1 heterocycles. The number of anilines is 2. The fraction of sp³-hybridized carbons (Fsp3) is 0.524. The van der Waals surface area contributed by atoms with Crippen LogP contribution in [0.25, 0.3) is 0 Å². The molecule has 2 unspecified atom stereocenters. The number of nitrogens with one attached hydrogen (secondary N) is 1. The highest BCUT2D eigenvalue weighted by molar-refractivity contribution is 5.62. The first-order chi connectivity index (χ1) is 11.6. The summed E-state index contributed by atoms with van der Waals surface area (Å²) >= 11 is 0. The molecule has 0 saturated carbocycles. The topological polar surface area (TPSA) is 58.3 Å². The zero-order valence-corrected chi connectivity index (χ0v) is 14.8. The molecule has 1 aromatic rings. The monoisotopic (exact) mass is 326 g/mol. The second-order valence-corrected chi connectivity index (χ2v) is 7.55. The number of aliphatic hydroxyl groups is 1. The zero-order valence-electron chi connectivity index (χ0n) is 14.8. The van der Waals surface area contributed by atoms with E-state index < -0.39 is 0 Å². The Morgan fingerprint density at radius 2 is 2.17 bits per heavy atom. The van der Waals surface area contributed by atoms with Crippen LogP contribution in [0.1, 0.15) is 44.6 Å². The fourth-order valence-corrected chi connectivity index (χ4v) is 4.21. The number of benzene rings is 1. The van der Waals surface area contributed by atoms with Gasteiger partial charge in [-0.2, -0.15) is 0 Å². The van der Waals surface area contributed by atoms with Crippen LogP contribution in [-0.4, -0.2) is 17.8 Å². The average molecular weight is 326 g/mol. The van der Waals surface area contributed by atoms with Gasteiger partial charge in [-0.3, -0.25) is 0 Å². The molecule has 130 valence electrons. The molecule has 3 nitrogen and oxygen atoms in total. The zero-order chi connectivity index (χ0) is 17.1. The van der Waals surface area contributed by atoms with E-state index in [-0.39, 0.29) is 6.61 Å². The van der Waals surface area contributed by atoms with Crippen molar-refractivity contribution >= 4 is 11.4 Å². The van der Waals surface area contributed by atoms with E-state index in [1.165, 1.54) is 11.3 Å². The van der Waals surface area contributed by atoms with Crippen molar-refractivity contribution < 1.29 is 5.11 Å². The highest BCUT2D eigenvalue weighted by atomic mass is 16.3. The van der Waals surface area contributed by atoms with E-state index in [9.17, 15) is 5.11 Å². The second kappa shape index (κ2) is 7.43. The minimum atomic E-state index is 0.273. The third-order valence-corrected chi connectivity index (χ3v) is 5.77. The van der Waals surface area contributed by atoms with E-state index in [1.807, 2.05) is 6.07 Å². The van der Waals surface area contributed by atoms with Crippen molar-refractivity contribution in [1.82, 2.24) is 0 Å². The number of aliphatic hydroxyl groups excluding tert-OH is 1. The average Bonchev–Trinajstić information content (AvgIpc) is 2.61. The van der Waals surface area contributed by atoms with Gasteiger partial charge in [-0.25, -0.2) is 0 Å². The van der Waals surface area contributed by atoms with Crippen molar-refractivity contribution in [1.29, 1.82) is 0 Å². The van der Waals surface area contributed by atoms with Crippen LogP contribution in [0.5, 0.6) is 0 Å². The molecule has 1 aliphatic carbocycles. The van der Waals surface area contributed by atoms with E-state index in [0.29, 0.717) is 29.7 Å². The summed E-state index contributed by atoms with van der Waals surface area (Å²) in [6, 6.07) is 6.68. The van der Waals surface area contributed by atoms with Gasteiger partial charge in [0, 0.05) is 29.9 Å². The van der Waals surface area contributed by atoms with Crippen molar-refractivity contribution in [2.75, 3.05) is 17.7 Å². The van der Waals surface area contributed by atoms with Crippen LogP contribution in [0.15, 0.2) is 42.5 Å². The van der Waals surface area contributed by atoms with Gasteiger partial charge in [0.05, 0.1) is 0 Å². The Morgan fingerprint density at radius 1 is 1.33 bits per heavy atom. The van der Waals surface area contributed by atoms with Crippen LogP contribution in [0.3, 0.4) is 0 Å². The summed E-state index contributed by atoms with van der Waals surface area (Å²) in [4.78, 5) is 0. The summed E-state index contributed by atoms with van der Waals surface area (Å²) in [5, 5.41) is 13.2. The van der Waals surface area contributed by atoms with Gasteiger partial charge in [-0.1, -0.05) is 38.2 Å².